The SMILES string of the molecule is [2H]C([2H])([2H])c1ccc2c3c1c1ccccc1c1ccc(n13)C(C)(C)C(C)(C)C2(C)C. The Kier molecular flexibility index (Phi) is 2.44. The monoisotopic (exact) mass is 358 g/mol. The fraction of sp³-hybridized carbons (Fsp3) is 0.385. The highest BCUT2D eigenvalue weighted by Gasteiger charge is 2.52. The number of hydrogen-bond acceptors (Lipinski definition) is 0. The van der Waals surface area contributed by atoms with Crippen molar-refractivity contribution >= 4 is 27.2 Å². The molecule has 0 atom stereocenters. The Morgan fingerprint density at radius 3 is 2.19 bits per heavy atom. The van der Waals surface area contributed by atoms with Gasteiger partial charge in [-0.3, -0.25) is 0 Å². The van der Waals surface area contributed by atoms with Crippen LogP contribution in [0.4, 0.5) is 0 Å². The predicted octanol–water partition coefficient (Wildman–Crippen LogP) is 7.15. The maximum absolute atomic E-state index is 8.28. The molecule has 0 amide bonds. The fourth-order valence-corrected chi connectivity index (χ4v) is 5.34. The molecule has 27 heavy (non-hydrogen) atoms. The molecule has 1 nitrogen and oxygen atoms in total. The largest absolute Gasteiger partial charge is 0.312 e. The van der Waals surface area contributed by atoms with Crippen LogP contribution in [0.2, 0.25) is 0 Å². The molecule has 0 saturated carbocycles. The summed E-state index contributed by atoms with van der Waals surface area (Å²) in [6, 6.07) is 16.6. The molecule has 0 aliphatic carbocycles. The molecule has 4 aromatic rings. The summed E-state index contributed by atoms with van der Waals surface area (Å²) >= 11 is 0. The molecule has 0 spiro atoms. The zero-order valence-corrected chi connectivity index (χ0v) is 17.1. The Morgan fingerprint density at radius 2 is 1.48 bits per heavy atom. The lowest BCUT2D eigenvalue weighted by molar-refractivity contribution is 0.0925. The van der Waals surface area contributed by atoms with Gasteiger partial charge < -0.3 is 4.40 Å². The van der Waals surface area contributed by atoms with Crippen LogP contribution in [0.3, 0.4) is 0 Å². The number of fused-ring (bicyclic) bond motifs is 3. The van der Waals surface area contributed by atoms with Crippen molar-refractivity contribution in [1.29, 1.82) is 0 Å². The molecule has 0 saturated heterocycles. The van der Waals surface area contributed by atoms with Crippen molar-refractivity contribution in [2.24, 2.45) is 5.41 Å². The third kappa shape index (κ3) is 1.72. The van der Waals surface area contributed by atoms with Crippen molar-refractivity contribution in [1.82, 2.24) is 4.40 Å². The number of benzene rings is 2. The van der Waals surface area contributed by atoms with Crippen LogP contribution in [-0.4, -0.2) is 4.40 Å². The first-order valence-electron chi connectivity index (χ1n) is 11.3. The zero-order chi connectivity index (χ0) is 21.9. The lowest BCUT2D eigenvalue weighted by Crippen LogP contribution is -2.49. The van der Waals surface area contributed by atoms with Gasteiger partial charge in [0.05, 0.1) is 11.0 Å². The van der Waals surface area contributed by atoms with Crippen molar-refractivity contribution in [2.75, 3.05) is 0 Å². The number of hydrogen-bond donors (Lipinski definition) is 0. The second-order valence-electron chi connectivity index (χ2n) is 9.74. The summed E-state index contributed by atoms with van der Waals surface area (Å²) in [4.78, 5) is 0. The average molecular weight is 359 g/mol. The summed E-state index contributed by atoms with van der Waals surface area (Å²) in [5.74, 6) is 0. The van der Waals surface area contributed by atoms with Crippen LogP contribution < -0.4 is 0 Å². The Labute approximate surface area is 166 Å². The smallest absolute Gasteiger partial charge is 0.0577 e. The number of nitrogens with zero attached hydrogens (tertiary/aromatic N) is 1. The quantitative estimate of drug-likeness (QED) is 0.294. The molecule has 0 N–H and O–H groups in total. The summed E-state index contributed by atoms with van der Waals surface area (Å²) in [6.45, 7) is 11.8. The Morgan fingerprint density at radius 1 is 0.778 bits per heavy atom. The van der Waals surface area contributed by atoms with E-state index >= 15 is 0 Å². The summed E-state index contributed by atoms with van der Waals surface area (Å²) in [5.41, 5.74) is 4.73. The van der Waals surface area contributed by atoms with Gasteiger partial charge in [-0.1, -0.05) is 77.9 Å². The summed E-state index contributed by atoms with van der Waals surface area (Å²) < 4.78 is 27.2. The molecule has 1 heteroatoms. The third-order valence-electron chi connectivity index (χ3n) is 8.19. The molecule has 0 unspecified atom stereocenters. The summed E-state index contributed by atoms with van der Waals surface area (Å²) in [7, 11) is 0. The van der Waals surface area contributed by atoms with Crippen molar-refractivity contribution < 1.29 is 4.11 Å². The molecule has 3 heterocycles. The van der Waals surface area contributed by atoms with Gasteiger partial charge in [-0.2, -0.15) is 0 Å². The topological polar surface area (TPSA) is 4.41 Å². The van der Waals surface area contributed by atoms with Crippen LogP contribution in [0.15, 0.2) is 48.5 Å². The highest BCUT2D eigenvalue weighted by Crippen LogP contribution is 2.57. The molecular weight excluding hydrogens is 326 g/mol. The van der Waals surface area contributed by atoms with E-state index in [0.29, 0.717) is 5.56 Å². The van der Waals surface area contributed by atoms with Gasteiger partial charge in [0, 0.05) is 26.0 Å². The minimum absolute atomic E-state index is 0.0755. The normalized spacial score (nSPS) is 21.9. The molecule has 2 aromatic heterocycles. The zero-order valence-electron chi connectivity index (χ0n) is 20.1. The molecule has 5 rings (SSSR count). The highest BCUT2D eigenvalue weighted by atomic mass is 14.9. The van der Waals surface area contributed by atoms with Gasteiger partial charge in [-0.15, -0.1) is 0 Å². The van der Waals surface area contributed by atoms with Gasteiger partial charge in [-0.25, -0.2) is 0 Å². The Bertz CT molecular complexity index is 1350. The third-order valence-corrected chi connectivity index (χ3v) is 8.19. The van der Waals surface area contributed by atoms with Gasteiger partial charge in [0.25, 0.3) is 0 Å². The van der Waals surface area contributed by atoms with Crippen LogP contribution >= 0.6 is 0 Å². The van der Waals surface area contributed by atoms with Crippen LogP contribution in [0.5, 0.6) is 0 Å². The van der Waals surface area contributed by atoms with E-state index in [4.69, 9.17) is 4.11 Å². The van der Waals surface area contributed by atoms with E-state index in [1.54, 1.807) is 0 Å². The lowest BCUT2D eigenvalue weighted by atomic mass is 9.52. The van der Waals surface area contributed by atoms with Gasteiger partial charge in [0.15, 0.2) is 0 Å². The minimum Gasteiger partial charge on any atom is -0.312 e. The second-order valence-corrected chi connectivity index (χ2v) is 9.74. The fourth-order valence-electron chi connectivity index (χ4n) is 5.34. The minimum atomic E-state index is -2.18. The van der Waals surface area contributed by atoms with Crippen molar-refractivity contribution in [3.05, 3.63) is 65.4 Å². The van der Waals surface area contributed by atoms with Crippen LogP contribution in [0, 0.1) is 12.3 Å². The van der Waals surface area contributed by atoms with E-state index in [-0.39, 0.29) is 16.2 Å². The molecule has 138 valence electrons. The maximum atomic E-state index is 8.28. The second kappa shape index (κ2) is 4.76. The number of rotatable bonds is 0. The maximum Gasteiger partial charge on any atom is 0.0577 e. The van der Waals surface area contributed by atoms with E-state index in [9.17, 15) is 0 Å². The summed E-state index contributed by atoms with van der Waals surface area (Å²) in [6.07, 6.45) is 0. The molecular formula is C26H29N. The molecule has 2 aromatic carbocycles. The van der Waals surface area contributed by atoms with Crippen molar-refractivity contribution in [3.8, 4) is 0 Å². The van der Waals surface area contributed by atoms with Crippen LogP contribution in [0.25, 0.3) is 27.2 Å². The molecule has 0 bridgehead atoms. The molecule has 1 aliphatic heterocycles. The first-order chi connectivity index (χ1) is 13.8. The first kappa shape index (κ1) is 13.8. The van der Waals surface area contributed by atoms with Gasteiger partial charge in [0.2, 0.25) is 0 Å². The average Bonchev–Trinajstić information content (AvgIpc) is 3.10. The number of aryl methyl sites for hydroxylation is 1. The van der Waals surface area contributed by atoms with Gasteiger partial charge in [-0.05, 0) is 46.3 Å². The van der Waals surface area contributed by atoms with Crippen LogP contribution in [0.1, 0.15) is 62.5 Å². The van der Waals surface area contributed by atoms with E-state index < -0.39 is 6.85 Å². The Hall–Kier alpha value is -2.28. The van der Waals surface area contributed by atoms with Crippen LogP contribution in [-0.2, 0) is 10.8 Å². The molecule has 0 radical (unpaired) electrons. The number of pyridine rings is 1. The molecule has 0 fully saturated rings. The van der Waals surface area contributed by atoms with Crippen molar-refractivity contribution in [2.45, 2.75) is 59.2 Å². The van der Waals surface area contributed by atoms with E-state index in [0.717, 1.165) is 27.2 Å². The van der Waals surface area contributed by atoms with Gasteiger partial charge >= 0.3 is 0 Å². The van der Waals surface area contributed by atoms with E-state index in [2.05, 4.69) is 76.3 Å². The predicted molar refractivity (Wildman–Crippen MR) is 117 cm³/mol. The van der Waals surface area contributed by atoms with Crippen molar-refractivity contribution in [3.63, 3.8) is 0 Å². The lowest BCUT2D eigenvalue weighted by Gasteiger charge is -2.51. The number of aromatic nitrogens is 1. The summed E-state index contributed by atoms with van der Waals surface area (Å²) in [5, 5.41) is 2.99. The first-order valence-corrected chi connectivity index (χ1v) is 9.82. The Balaban J connectivity index is 2.21. The highest BCUT2D eigenvalue weighted by molar-refractivity contribution is 6.15. The van der Waals surface area contributed by atoms with E-state index in [1.165, 1.54) is 11.3 Å². The standard InChI is InChI=1S/C26H29N/c1-16-12-13-19-23-22(16)18-11-9-8-10-17(18)20-14-15-21(27(20)23)25(4,5)26(6,7)24(19,2)3/h8-15H,1-7H3/i1D3. The molecule has 1 aliphatic rings. The van der Waals surface area contributed by atoms with E-state index in [1.807, 2.05) is 18.2 Å². The van der Waals surface area contributed by atoms with Gasteiger partial charge in [0.1, 0.15) is 0 Å².